The van der Waals surface area contributed by atoms with Gasteiger partial charge in [-0.1, -0.05) is 45.4 Å². The molecule has 0 spiro atoms. The molecule has 2 N–H and O–H groups in total. The van der Waals surface area contributed by atoms with E-state index in [0.29, 0.717) is 11.8 Å². The van der Waals surface area contributed by atoms with Crippen molar-refractivity contribution < 1.29 is 13.5 Å². The Kier molecular flexibility index (Phi) is 5.93. The molecule has 6 heteroatoms. The van der Waals surface area contributed by atoms with Gasteiger partial charge in [-0.3, -0.25) is 0 Å². The van der Waals surface area contributed by atoms with Crippen LogP contribution in [0.2, 0.25) is 0 Å². The summed E-state index contributed by atoms with van der Waals surface area (Å²) in [6.07, 6.45) is 3.63. The number of sulfonamides is 1. The molecule has 0 saturated heterocycles. The largest absolute Gasteiger partial charge is 0.389 e. The molecule has 1 aromatic rings. The number of benzene rings is 1. The van der Waals surface area contributed by atoms with E-state index in [1.807, 2.05) is 6.92 Å². The van der Waals surface area contributed by atoms with E-state index in [9.17, 15) is 13.5 Å². The molecule has 0 amide bonds. The summed E-state index contributed by atoms with van der Waals surface area (Å²) >= 11 is 0. The molecule has 28 heavy (non-hydrogen) atoms. The second kappa shape index (κ2) is 7.79. The molecule has 2 fully saturated rings. The van der Waals surface area contributed by atoms with E-state index in [1.54, 1.807) is 24.3 Å². The first-order valence-electron chi connectivity index (χ1n) is 10.4. The van der Waals surface area contributed by atoms with Crippen LogP contribution in [-0.4, -0.2) is 24.8 Å². The highest BCUT2D eigenvalue weighted by Crippen LogP contribution is 2.51. The number of aliphatic hydroxyl groups is 1. The van der Waals surface area contributed by atoms with Crippen molar-refractivity contribution >= 4 is 15.7 Å². The Morgan fingerprint density at radius 1 is 1.14 bits per heavy atom. The highest BCUT2D eigenvalue weighted by Gasteiger charge is 2.54. The average Bonchev–Trinajstić information content (AvgIpc) is 2.63. The van der Waals surface area contributed by atoms with Crippen LogP contribution < -0.4 is 4.83 Å². The Hall–Kier alpha value is -1.40. The summed E-state index contributed by atoms with van der Waals surface area (Å²) in [6.45, 7) is 10.5. The van der Waals surface area contributed by atoms with E-state index in [4.69, 9.17) is 0 Å². The van der Waals surface area contributed by atoms with Gasteiger partial charge in [-0.25, -0.2) is 4.83 Å². The maximum atomic E-state index is 12.7. The zero-order chi connectivity index (χ0) is 20.7. The molecule has 2 saturated carbocycles. The van der Waals surface area contributed by atoms with E-state index in [2.05, 4.69) is 37.6 Å². The average molecular weight is 407 g/mol. The van der Waals surface area contributed by atoms with Crippen LogP contribution in [0.25, 0.3) is 0 Å². The summed E-state index contributed by atoms with van der Waals surface area (Å²) in [4.78, 5) is 2.68. The minimum absolute atomic E-state index is 0.0966. The first-order valence-corrected chi connectivity index (χ1v) is 11.9. The number of rotatable bonds is 4. The fourth-order valence-corrected chi connectivity index (χ4v) is 5.92. The zero-order valence-corrected chi connectivity index (χ0v) is 18.5. The van der Waals surface area contributed by atoms with Crippen LogP contribution in [0, 0.1) is 36.5 Å². The maximum absolute atomic E-state index is 12.7. The molecule has 0 aliphatic heterocycles. The molecule has 3 rings (SSSR count). The van der Waals surface area contributed by atoms with Crippen LogP contribution in [0.3, 0.4) is 0 Å². The van der Waals surface area contributed by atoms with Crippen molar-refractivity contribution in [2.24, 2.45) is 34.7 Å². The van der Waals surface area contributed by atoms with Crippen molar-refractivity contribution in [2.45, 2.75) is 70.8 Å². The first-order chi connectivity index (χ1) is 13.1. The van der Waals surface area contributed by atoms with E-state index in [0.717, 1.165) is 37.0 Å². The van der Waals surface area contributed by atoms with Crippen molar-refractivity contribution in [1.82, 2.24) is 4.83 Å². The molecule has 1 aromatic carbocycles. The number of nitrogens with zero attached hydrogens (tertiary/aromatic N) is 1. The van der Waals surface area contributed by atoms with Gasteiger partial charge in [-0.15, -0.1) is 0 Å². The SMILES string of the molecule is Cc1ccc(S(=O)(=O)N/N=C2/[C@H](C)CC[C@]3(O)[C@H](C)CC[C@H](C(C)C)[C@H]23)cc1. The molecule has 2 aliphatic carbocycles. The van der Waals surface area contributed by atoms with E-state index in [-0.39, 0.29) is 22.6 Å². The van der Waals surface area contributed by atoms with Gasteiger partial charge < -0.3 is 5.11 Å². The molecule has 0 aromatic heterocycles. The smallest absolute Gasteiger partial charge is 0.276 e. The number of fused-ring (bicyclic) bond motifs is 1. The zero-order valence-electron chi connectivity index (χ0n) is 17.6. The van der Waals surface area contributed by atoms with Crippen molar-refractivity contribution in [2.75, 3.05) is 0 Å². The highest BCUT2D eigenvalue weighted by atomic mass is 32.2. The summed E-state index contributed by atoms with van der Waals surface area (Å²) in [5.41, 5.74) is 1.02. The molecular weight excluding hydrogens is 372 g/mol. The molecular formula is C22H34N2O3S. The summed E-state index contributed by atoms with van der Waals surface area (Å²) < 4.78 is 25.5. The van der Waals surface area contributed by atoms with Gasteiger partial charge in [-0.2, -0.15) is 13.5 Å². The Labute approximate surface area is 169 Å². The molecule has 156 valence electrons. The summed E-state index contributed by atoms with van der Waals surface area (Å²) in [7, 11) is -3.73. The monoisotopic (exact) mass is 406 g/mol. The second-order valence-corrected chi connectivity index (χ2v) is 10.9. The van der Waals surface area contributed by atoms with Gasteiger partial charge in [0.25, 0.3) is 10.0 Å². The van der Waals surface area contributed by atoms with Gasteiger partial charge in [0.2, 0.25) is 0 Å². The van der Waals surface area contributed by atoms with Crippen molar-refractivity contribution in [3.63, 3.8) is 0 Å². The Balaban J connectivity index is 1.96. The lowest BCUT2D eigenvalue weighted by molar-refractivity contribution is -0.111. The third-order valence-electron chi connectivity index (χ3n) is 7.04. The van der Waals surface area contributed by atoms with Gasteiger partial charge in [0.15, 0.2) is 0 Å². The second-order valence-electron chi connectivity index (χ2n) is 9.24. The van der Waals surface area contributed by atoms with Crippen molar-refractivity contribution in [3.8, 4) is 0 Å². The number of nitrogens with one attached hydrogen (secondary N) is 1. The van der Waals surface area contributed by atoms with Crippen LogP contribution in [-0.2, 0) is 10.0 Å². The topological polar surface area (TPSA) is 78.8 Å². The number of hydrogen-bond acceptors (Lipinski definition) is 4. The highest BCUT2D eigenvalue weighted by molar-refractivity contribution is 7.89. The van der Waals surface area contributed by atoms with E-state index in [1.165, 1.54) is 0 Å². The predicted octanol–water partition coefficient (Wildman–Crippen LogP) is 4.11. The van der Waals surface area contributed by atoms with Gasteiger partial charge in [-0.05, 0) is 68.4 Å². The van der Waals surface area contributed by atoms with Gasteiger partial charge in [0.1, 0.15) is 0 Å². The first kappa shape index (κ1) is 21.3. The Morgan fingerprint density at radius 2 is 1.79 bits per heavy atom. The van der Waals surface area contributed by atoms with Crippen LogP contribution in [0.5, 0.6) is 0 Å². The van der Waals surface area contributed by atoms with Crippen molar-refractivity contribution in [1.29, 1.82) is 0 Å². The molecule has 0 bridgehead atoms. The quantitative estimate of drug-likeness (QED) is 0.739. The van der Waals surface area contributed by atoms with Crippen molar-refractivity contribution in [3.05, 3.63) is 29.8 Å². The predicted molar refractivity (Wildman–Crippen MR) is 112 cm³/mol. The van der Waals surface area contributed by atoms with E-state index < -0.39 is 15.6 Å². The number of hydrazone groups is 1. The fraction of sp³-hybridized carbons (Fsp3) is 0.682. The maximum Gasteiger partial charge on any atom is 0.276 e. The van der Waals surface area contributed by atoms with Gasteiger partial charge in [0.05, 0.1) is 10.5 Å². The van der Waals surface area contributed by atoms with E-state index >= 15 is 0 Å². The normalized spacial score (nSPS) is 35.0. The molecule has 5 atom stereocenters. The Morgan fingerprint density at radius 3 is 2.39 bits per heavy atom. The Bertz CT molecular complexity index is 832. The van der Waals surface area contributed by atoms with Crippen LogP contribution in [0.15, 0.2) is 34.3 Å². The molecule has 0 unspecified atom stereocenters. The lowest BCUT2D eigenvalue weighted by Crippen LogP contribution is -2.59. The summed E-state index contributed by atoms with van der Waals surface area (Å²) in [5, 5.41) is 16.0. The number of aryl methyl sites for hydroxylation is 1. The van der Waals surface area contributed by atoms with Gasteiger partial charge in [0, 0.05) is 11.6 Å². The lowest BCUT2D eigenvalue weighted by Gasteiger charge is -2.54. The van der Waals surface area contributed by atoms with Crippen LogP contribution in [0.4, 0.5) is 0 Å². The molecule has 0 radical (unpaired) electrons. The third-order valence-corrected chi connectivity index (χ3v) is 8.26. The number of hydrogen-bond donors (Lipinski definition) is 2. The lowest BCUT2D eigenvalue weighted by atomic mass is 9.54. The molecule has 2 aliphatic rings. The minimum atomic E-state index is -3.73. The fourth-order valence-electron chi connectivity index (χ4n) is 5.10. The standard InChI is InChI=1S/C22H34N2O3S/c1-14(2)19-11-8-17(5)22(25)13-12-16(4)21(20(19)22)23-24-28(26,27)18-9-6-15(3)7-10-18/h6-7,9-10,14,16-17,19-20,24-25H,8,11-13H2,1-5H3/b23-21-/t16-,17-,19-,20-,22+/m1/s1. The van der Waals surface area contributed by atoms with Crippen LogP contribution in [0.1, 0.15) is 58.9 Å². The van der Waals surface area contributed by atoms with Gasteiger partial charge >= 0.3 is 0 Å². The third kappa shape index (κ3) is 3.86. The summed E-state index contributed by atoms with van der Waals surface area (Å²) in [6, 6.07) is 6.75. The summed E-state index contributed by atoms with van der Waals surface area (Å²) in [5.74, 6) is 0.969. The van der Waals surface area contributed by atoms with Crippen LogP contribution >= 0.6 is 0 Å². The molecule has 0 heterocycles. The molecule has 5 nitrogen and oxygen atoms in total. The minimum Gasteiger partial charge on any atom is -0.389 e.